The van der Waals surface area contributed by atoms with Gasteiger partial charge in [-0.15, -0.1) is 11.3 Å². The second-order valence-electron chi connectivity index (χ2n) is 4.39. The summed E-state index contributed by atoms with van der Waals surface area (Å²) in [6.07, 6.45) is 2.72. The third-order valence-corrected chi connectivity index (χ3v) is 4.40. The molecule has 0 aromatic carbocycles. The highest BCUT2D eigenvalue weighted by Crippen LogP contribution is 2.45. The first kappa shape index (κ1) is 15.8. The lowest BCUT2D eigenvalue weighted by Crippen LogP contribution is -2.23. The van der Waals surface area contributed by atoms with Crippen LogP contribution in [0.1, 0.15) is 49.7 Å². The molecular formula is C14H24N2O2S. The Hall–Kier alpha value is -1.23. The van der Waals surface area contributed by atoms with Gasteiger partial charge in [0, 0.05) is 19.5 Å². The molecule has 1 heterocycles. The predicted octanol–water partition coefficient (Wildman–Crippen LogP) is 3.56. The summed E-state index contributed by atoms with van der Waals surface area (Å²) in [5.74, 6) is 0.735. The smallest absolute Gasteiger partial charge is 0.177 e. The number of hydrogen-bond acceptors (Lipinski definition) is 5. The molecule has 108 valence electrons. The summed E-state index contributed by atoms with van der Waals surface area (Å²) in [6, 6.07) is 0. The Bertz CT molecular complexity index is 429. The molecule has 0 amide bonds. The number of hydrogen-bond donors (Lipinski definition) is 1. The van der Waals surface area contributed by atoms with E-state index >= 15 is 0 Å². The highest BCUT2D eigenvalue weighted by molar-refractivity contribution is 7.19. The summed E-state index contributed by atoms with van der Waals surface area (Å²) in [4.78, 5) is 14.8. The van der Waals surface area contributed by atoms with Gasteiger partial charge in [0.15, 0.2) is 11.5 Å². The van der Waals surface area contributed by atoms with Gasteiger partial charge in [0.2, 0.25) is 0 Å². The molecule has 0 bridgehead atoms. The second-order valence-corrected chi connectivity index (χ2v) is 5.39. The molecule has 0 radical (unpaired) electrons. The molecule has 0 saturated heterocycles. The van der Waals surface area contributed by atoms with E-state index in [-0.39, 0.29) is 5.78 Å². The van der Waals surface area contributed by atoms with Gasteiger partial charge in [-0.2, -0.15) is 0 Å². The van der Waals surface area contributed by atoms with Crippen LogP contribution in [0, 0.1) is 0 Å². The summed E-state index contributed by atoms with van der Waals surface area (Å²) < 4.78 is 5.41. The number of rotatable bonds is 8. The fourth-order valence-corrected chi connectivity index (χ4v) is 3.23. The Morgan fingerprint density at radius 2 is 2.05 bits per heavy atom. The Kier molecular flexibility index (Phi) is 6.15. The highest BCUT2D eigenvalue weighted by Gasteiger charge is 2.23. The monoisotopic (exact) mass is 284 g/mol. The van der Waals surface area contributed by atoms with Crippen molar-refractivity contribution in [1.82, 2.24) is 0 Å². The van der Waals surface area contributed by atoms with Crippen LogP contribution < -0.4 is 15.4 Å². The van der Waals surface area contributed by atoms with Gasteiger partial charge >= 0.3 is 0 Å². The lowest BCUT2D eigenvalue weighted by atomic mass is 10.2. The fourth-order valence-electron chi connectivity index (χ4n) is 1.94. The largest absolute Gasteiger partial charge is 0.492 e. The Morgan fingerprint density at radius 3 is 2.53 bits per heavy atom. The number of thiophene rings is 1. The van der Waals surface area contributed by atoms with Crippen molar-refractivity contribution >= 4 is 27.8 Å². The minimum atomic E-state index is 0.0820. The Balaban J connectivity index is 3.14. The first-order chi connectivity index (χ1) is 9.10. The van der Waals surface area contributed by atoms with Gasteiger partial charge in [-0.1, -0.05) is 20.3 Å². The quantitative estimate of drug-likeness (QED) is 0.742. The van der Waals surface area contributed by atoms with Gasteiger partial charge in [-0.05, 0) is 13.3 Å². The molecule has 1 rings (SSSR count). The first-order valence-electron chi connectivity index (χ1n) is 6.84. The Morgan fingerprint density at radius 1 is 1.37 bits per heavy atom. The summed E-state index contributed by atoms with van der Waals surface area (Å²) in [5.41, 5.74) is 6.54. The number of nitrogens with zero attached hydrogens (tertiary/aromatic N) is 1. The molecule has 0 unspecified atom stereocenters. The van der Waals surface area contributed by atoms with Gasteiger partial charge < -0.3 is 15.4 Å². The van der Waals surface area contributed by atoms with E-state index in [2.05, 4.69) is 18.7 Å². The molecule has 1 aromatic heterocycles. The van der Waals surface area contributed by atoms with Crippen LogP contribution in [0.3, 0.4) is 0 Å². The minimum absolute atomic E-state index is 0.0820. The van der Waals surface area contributed by atoms with Gasteiger partial charge in [-0.3, -0.25) is 4.79 Å². The number of nitrogens with two attached hydrogens (primary N) is 1. The molecule has 0 atom stereocenters. The van der Waals surface area contributed by atoms with E-state index in [1.54, 1.807) is 7.11 Å². The van der Waals surface area contributed by atoms with Crippen molar-refractivity contribution in [2.24, 2.45) is 0 Å². The molecule has 0 saturated carbocycles. The maximum Gasteiger partial charge on any atom is 0.177 e. The fraction of sp³-hybridized carbons (Fsp3) is 0.643. The number of anilines is 2. The number of ketones is 1. The van der Waals surface area contributed by atoms with Gasteiger partial charge in [0.1, 0.15) is 5.00 Å². The van der Waals surface area contributed by atoms with E-state index in [9.17, 15) is 4.79 Å². The molecular weight excluding hydrogens is 260 g/mol. The molecule has 2 N–H and O–H groups in total. The topological polar surface area (TPSA) is 55.6 Å². The number of carbonyl (C=O) groups excluding carboxylic acids is 1. The number of carbonyl (C=O) groups is 1. The molecule has 0 aliphatic heterocycles. The minimum Gasteiger partial charge on any atom is -0.492 e. The van der Waals surface area contributed by atoms with Crippen LogP contribution in [-0.2, 0) is 0 Å². The second kappa shape index (κ2) is 7.38. The number of unbranched alkanes of at least 4 members (excludes halogenated alkanes) is 1. The predicted molar refractivity (Wildman–Crippen MR) is 82.7 cm³/mol. The van der Waals surface area contributed by atoms with Crippen molar-refractivity contribution in [1.29, 1.82) is 0 Å². The number of methoxy groups -OCH3 is 1. The zero-order valence-corrected chi connectivity index (χ0v) is 13.1. The molecule has 19 heavy (non-hydrogen) atoms. The van der Waals surface area contributed by atoms with Gasteiger partial charge in [0.05, 0.1) is 17.7 Å². The van der Waals surface area contributed by atoms with E-state index in [1.807, 2.05) is 6.92 Å². The van der Waals surface area contributed by atoms with Crippen LogP contribution in [0.2, 0.25) is 0 Å². The van der Waals surface area contributed by atoms with Crippen LogP contribution >= 0.6 is 11.3 Å². The summed E-state index contributed by atoms with van der Waals surface area (Å²) in [7, 11) is 1.61. The summed E-state index contributed by atoms with van der Waals surface area (Å²) >= 11 is 1.45. The average molecular weight is 284 g/mol. The first-order valence-corrected chi connectivity index (χ1v) is 7.66. The van der Waals surface area contributed by atoms with Crippen molar-refractivity contribution in [2.75, 3.05) is 30.8 Å². The van der Waals surface area contributed by atoms with Crippen LogP contribution in [0.15, 0.2) is 0 Å². The molecule has 0 fully saturated rings. The normalized spacial score (nSPS) is 10.5. The summed E-state index contributed by atoms with van der Waals surface area (Å²) in [5, 5.41) is 0.979. The van der Waals surface area contributed by atoms with Crippen molar-refractivity contribution in [3.8, 4) is 5.75 Å². The third kappa shape index (κ3) is 3.41. The van der Waals surface area contributed by atoms with Crippen LogP contribution in [0.25, 0.3) is 0 Å². The molecule has 5 heteroatoms. The van der Waals surface area contributed by atoms with Crippen molar-refractivity contribution in [3.05, 3.63) is 4.88 Å². The number of nitrogen functional groups attached to an aromatic ring is 1. The van der Waals surface area contributed by atoms with E-state index in [0.29, 0.717) is 22.7 Å². The molecule has 1 aromatic rings. The molecule has 0 aliphatic rings. The maximum absolute atomic E-state index is 11.9. The van der Waals surface area contributed by atoms with E-state index < -0.39 is 0 Å². The lowest BCUT2D eigenvalue weighted by Gasteiger charge is -2.22. The van der Waals surface area contributed by atoms with Crippen molar-refractivity contribution < 1.29 is 9.53 Å². The lowest BCUT2D eigenvalue weighted by molar-refractivity contribution is 0.0992. The average Bonchev–Trinajstić information content (AvgIpc) is 2.76. The van der Waals surface area contributed by atoms with E-state index in [4.69, 9.17) is 10.5 Å². The van der Waals surface area contributed by atoms with Gasteiger partial charge in [-0.25, -0.2) is 0 Å². The van der Waals surface area contributed by atoms with Gasteiger partial charge in [0.25, 0.3) is 0 Å². The molecule has 0 spiro atoms. The molecule has 4 nitrogen and oxygen atoms in total. The van der Waals surface area contributed by atoms with E-state index in [1.165, 1.54) is 11.3 Å². The molecule has 0 aliphatic carbocycles. The summed E-state index contributed by atoms with van der Waals surface area (Å²) in [6.45, 7) is 7.97. The van der Waals surface area contributed by atoms with Crippen LogP contribution in [0.5, 0.6) is 5.75 Å². The SMILES string of the molecule is CCCCN(CC)c1sc(C(=O)CC)c(N)c1OC. The zero-order chi connectivity index (χ0) is 14.4. The maximum atomic E-state index is 11.9. The highest BCUT2D eigenvalue weighted by atomic mass is 32.1. The van der Waals surface area contributed by atoms with Crippen molar-refractivity contribution in [2.45, 2.75) is 40.0 Å². The number of ether oxygens (including phenoxy) is 1. The third-order valence-electron chi connectivity index (χ3n) is 3.11. The van der Waals surface area contributed by atoms with Crippen LogP contribution in [-0.4, -0.2) is 26.0 Å². The number of Topliss-reactive ketones (excluding diaryl/α,β-unsaturated/α-hetero) is 1. The van der Waals surface area contributed by atoms with Crippen molar-refractivity contribution in [3.63, 3.8) is 0 Å². The van der Waals surface area contributed by atoms with Crippen LogP contribution in [0.4, 0.5) is 10.7 Å². The standard InChI is InChI=1S/C14H24N2O2S/c1-5-8-9-16(7-3)14-12(18-4)11(15)13(19-14)10(17)6-2/h5-9,15H2,1-4H3. The van der Waals surface area contributed by atoms with E-state index in [0.717, 1.165) is 30.9 Å². The Labute approximate surface area is 119 Å². The zero-order valence-electron chi connectivity index (χ0n) is 12.3.